The average Bonchev–Trinajstić information content (AvgIpc) is 2.17. The van der Waals surface area contributed by atoms with Crippen molar-refractivity contribution in [3.63, 3.8) is 0 Å². The number of rotatable bonds is 4. The van der Waals surface area contributed by atoms with Gasteiger partial charge in [-0.2, -0.15) is 0 Å². The molecule has 1 rings (SSSR count). The highest BCUT2D eigenvalue weighted by Gasteiger charge is 2.17. The van der Waals surface area contributed by atoms with E-state index in [4.69, 9.17) is 0 Å². The van der Waals surface area contributed by atoms with Crippen LogP contribution in [0.25, 0.3) is 0 Å². The summed E-state index contributed by atoms with van der Waals surface area (Å²) in [7, 11) is -3.34. The van der Waals surface area contributed by atoms with Crippen LogP contribution in [0.5, 0.6) is 0 Å². The molecule has 5 heteroatoms. The van der Waals surface area contributed by atoms with Crippen molar-refractivity contribution >= 4 is 32.1 Å². The van der Waals surface area contributed by atoms with Gasteiger partial charge in [0, 0.05) is 10.4 Å². The summed E-state index contributed by atoms with van der Waals surface area (Å²) in [6.07, 6.45) is 0.649. The van der Waals surface area contributed by atoms with Gasteiger partial charge in [-0.25, -0.2) is 8.42 Å². The van der Waals surface area contributed by atoms with Crippen molar-refractivity contribution in [1.82, 2.24) is 0 Å². The Kier molecular flexibility index (Phi) is 4.04. The quantitative estimate of drug-likeness (QED) is 0.798. The predicted molar refractivity (Wildman–Crippen MR) is 61.4 cm³/mol. The molecule has 0 amide bonds. The Hall–Kier alpha value is -0.680. The minimum atomic E-state index is -3.34. The van der Waals surface area contributed by atoms with Crippen LogP contribution in [0, 0.1) is 5.92 Å². The fourth-order valence-corrected chi connectivity index (χ4v) is 2.90. The van der Waals surface area contributed by atoms with Gasteiger partial charge < -0.3 is 4.79 Å². The van der Waals surface area contributed by atoms with Gasteiger partial charge in [0.1, 0.15) is 6.29 Å². The van der Waals surface area contributed by atoms with Crippen LogP contribution in [0.15, 0.2) is 33.6 Å². The minimum absolute atomic E-state index is 0.141. The van der Waals surface area contributed by atoms with E-state index in [0.717, 1.165) is 4.47 Å². The van der Waals surface area contributed by atoms with Crippen LogP contribution < -0.4 is 0 Å². The Morgan fingerprint density at radius 1 is 1.33 bits per heavy atom. The molecule has 1 atom stereocenters. The van der Waals surface area contributed by atoms with Crippen molar-refractivity contribution in [3.8, 4) is 0 Å². The summed E-state index contributed by atoms with van der Waals surface area (Å²) in [5.41, 5.74) is 0. The fourth-order valence-electron chi connectivity index (χ4n) is 1.12. The number of aldehydes is 1. The van der Waals surface area contributed by atoms with Gasteiger partial charge in [-0.1, -0.05) is 22.9 Å². The van der Waals surface area contributed by atoms with Gasteiger partial charge in [0.2, 0.25) is 0 Å². The summed E-state index contributed by atoms with van der Waals surface area (Å²) in [5, 5.41) is 0. The van der Waals surface area contributed by atoms with Gasteiger partial charge in [-0.05, 0) is 24.3 Å². The summed E-state index contributed by atoms with van der Waals surface area (Å²) in [4.78, 5) is 10.6. The SMILES string of the molecule is CC(C=O)CS(=O)(=O)c1ccc(Br)cc1. The second-order valence-electron chi connectivity index (χ2n) is 3.35. The topological polar surface area (TPSA) is 51.2 Å². The first-order valence-corrected chi connectivity index (χ1v) is 6.84. The zero-order chi connectivity index (χ0) is 11.5. The lowest BCUT2D eigenvalue weighted by Gasteiger charge is -2.05. The molecule has 0 aliphatic carbocycles. The highest BCUT2D eigenvalue weighted by molar-refractivity contribution is 9.10. The standard InChI is InChI=1S/C10H11BrO3S/c1-8(6-12)7-15(13,14)10-4-2-9(11)3-5-10/h2-6,8H,7H2,1H3. The van der Waals surface area contributed by atoms with Crippen molar-refractivity contribution in [1.29, 1.82) is 0 Å². The van der Waals surface area contributed by atoms with Gasteiger partial charge in [0.25, 0.3) is 0 Å². The zero-order valence-electron chi connectivity index (χ0n) is 8.18. The molecule has 0 fully saturated rings. The van der Waals surface area contributed by atoms with E-state index < -0.39 is 15.8 Å². The van der Waals surface area contributed by atoms with Crippen LogP contribution in [-0.2, 0) is 14.6 Å². The molecule has 82 valence electrons. The van der Waals surface area contributed by atoms with Gasteiger partial charge in [-0.15, -0.1) is 0 Å². The number of carbonyl (C=O) groups excluding carboxylic acids is 1. The van der Waals surface area contributed by atoms with E-state index in [1.54, 1.807) is 19.1 Å². The summed E-state index contributed by atoms with van der Waals surface area (Å²) in [5.74, 6) is -0.614. The van der Waals surface area contributed by atoms with Crippen LogP contribution in [0.4, 0.5) is 0 Å². The van der Waals surface area contributed by atoms with Crippen molar-refractivity contribution in [2.75, 3.05) is 5.75 Å². The van der Waals surface area contributed by atoms with Crippen LogP contribution >= 0.6 is 15.9 Å². The van der Waals surface area contributed by atoms with Gasteiger partial charge >= 0.3 is 0 Å². The summed E-state index contributed by atoms with van der Waals surface area (Å²) in [6.45, 7) is 1.59. The van der Waals surface area contributed by atoms with E-state index in [1.165, 1.54) is 12.1 Å². The number of sulfone groups is 1. The second-order valence-corrected chi connectivity index (χ2v) is 6.30. The molecule has 0 aliphatic heterocycles. The fraction of sp³-hybridized carbons (Fsp3) is 0.300. The normalized spacial score (nSPS) is 13.5. The molecule has 1 aromatic carbocycles. The molecule has 3 nitrogen and oxygen atoms in total. The number of hydrogen-bond acceptors (Lipinski definition) is 3. The number of carbonyl (C=O) groups is 1. The third-order valence-electron chi connectivity index (χ3n) is 1.89. The molecule has 0 spiro atoms. The molecular formula is C10H11BrO3S. The largest absolute Gasteiger partial charge is 0.303 e. The Morgan fingerprint density at radius 3 is 2.33 bits per heavy atom. The second kappa shape index (κ2) is 4.90. The Bertz CT molecular complexity index is 436. The molecule has 0 aromatic heterocycles. The van der Waals surface area contributed by atoms with Crippen LogP contribution in [0.2, 0.25) is 0 Å². The van der Waals surface area contributed by atoms with E-state index in [2.05, 4.69) is 15.9 Å². The van der Waals surface area contributed by atoms with E-state index in [0.29, 0.717) is 6.29 Å². The van der Waals surface area contributed by atoms with Crippen molar-refractivity contribution < 1.29 is 13.2 Å². The van der Waals surface area contributed by atoms with E-state index in [-0.39, 0.29) is 10.6 Å². The summed E-state index contributed by atoms with van der Waals surface area (Å²) < 4.78 is 24.3. The number of hydrogen-bond donors (Lipinski definition) is 0. The first-order chi connectivity index (χ1) is 6.95. The molecule has 0 aliphatic rings. The van der Waals surface area contributed by atoms with Gasteiger partial charge in [0.05, 0.1) is 10.6 Å². The maximum atomic E-state index is 11.7. The third-order valence-corrected chi connectivity index (χ3v) is 4.37. The summed E-state index contributed by atoms with van der Waals surface area (Å²) >= 11 is 3.23. The predicted octanol–water partition coefficient (Wildman–Crippen LogP) is 2.06. The first kappa shape index (κ1) is 12.4. The molecule has 1 unspecified atom stereocenters. The highest BCUT2D eigenvalue weighted by atomic mass is 79.9. The van der Waals surface area contributed by atoms with E-state index >= 15 is 0 Å². The molecule has 1 aromatic rings. The van der Waals surface area contributed by atoms with Crippen molar-refractivity contribution in [2.24, 2.45) is 5.92 Å². The smallest absolute Gasteiger partial charge is 0.179 e. The monoisotopic (exact) mass is 290 g/mol. The van der Waals surface area contributed by atoms with E-state index in [9.17, 15) is 13.2 Å². The molecule has 0 saturated heterocycles. The average molecular weight is 291 g/mol. The molecule has 15 heavy (non-hydrogen) atoms. The Morgan fingerprint density at radius 2 is 1.87 bits per heavy atom. The molecule has 0 radical (unpaired) electrons. The Labute approximate surface area is 97.5 Å². The summed E-state index contributed by atoms with van der Waals surface area (Å²) in [6, 6.07) is 6.38. The first-order valence-electron chi connectivity index (χ1n) is 4.39. The molecule has 0 heterocycles. The lowest BCUT2D eigenvalue weighted by atomic mass is 10.3. The molecule has 0 saturated carbocycles. The van der Waals surface area contributed by atoms with E-state index in [1.807, 2.05) is 0 Å². The van der Waals surface area contributed by atoms with Crippen molar-refractivity contribution in [2.45, 2.75) is 11.8 Å². The number of halogens is 1. The highest BCUT2D eigenvalue weighted by Crippen LogP contribution is 2.17. The molecular weight excluding hydrogens is 280 g/mol. The lowest BCUT2D eigenvalue weighted by molar-refractivity contribution is -0.110. The maximum Gasteiger partial charge on any atom is 0.179 e. The van der Waals surface area contributed by atoms with Crippen LogP contribution in [-0.4, -0.2) is 20.5 Å². The van der Waals surface area contributed by atoms with Gasteiger partial charge in [0.15, 0.2) is 9.84 Å². The Balaban J connectivity index is 2.96. The van der Waals surface area contributed by atoms with Crippen LogP contribution in [0.1, 0.15) is 6.92 Å². The third kappa shape index (κ3) is 3.43. The van der Waals surface area contributed by atoms with Crippen molar-refractivity contribution in [3.05, 3.63) is 28.7 Å². The minimum Gasteiger partial charge on any atom is -0.303 e. The van der Waals surface area contributed by atoms with Crippen LogP contribution in [0.3, 0.4) is 0 Å². The zero-order valence-corrected chi connectivity index (χ0v) is 10.6. The molecule has 0 bridgehead atoms. The van der Waals surface area contributed by atoms with Gasteiger partial charge in [-0.3, -0.25) is 0 Å². The maximum absolute atomic E-state index is 11.7. The lowest BCUT2D eigenvalue weighted by Crippen LogP contribution is -2.14. The number of benzene rings is 1. The molecule has 0 N–H and O–H groups in total.